The minimum absolute atomic E-state index is 0.01000. The Labute approximate surface area is 158 Å². The van der Waals surface area contributed by atoms with Gasteiger partial charge in [-0.1, -0.05) is 44.2 Å². The van der Waals surface area contributed by atoms with Crippen LogP contribution in [0.4, 0.5) is 0 Å². The summed E-state index contributed by atoms with van der Waals surface area (Å²) in [4.78, 5) is 4.78. The van der Waals surface area contributed by atoms with Crippen LogP contribution in [0.25, 0.3) is 0 Å². The SMILES string of the molecule is CCNC(=NCC(C)(C)c1ccccc1)NCCCOCC1CCOC1. The lowest BCUT2D eigenvalue weighted by Crippen LogP contribution is -2.39. The van der Waals surface area contributed by atoms with Crippen molar-refractivity contribution in [1.29, 1.82) is 0 Å². The van der Waals surface area contributed by atoms with E-state index in [1.54, 1.807) is 0 Å². The van der Waals surface area contributed by atoms with Gasteiger partial charge in [0, 0.05) is 37.6 Å². The quantitative estimate of drug-likeness (QED) is 0.382. The molecule has 0 bridgehead atoms. The Kier molecular flexibility index (Phi) is 8.92. The highest BCUT2D eigenvalue weighted by molar-refractivity contribution is 5.79. The molecule has 1 aliphatic rings. The molecule has 0 spiro atoms. The average Bonchev–Trinajstić information content (AvgIpc) is 3.16. The largest absolute Gasteiger partial charge is 0.381 e. The van der Waals surface area contributed by atoms with E-state index in [-0.39, 0.29) is 5.41 Å². The molecule has 5 heteroatoms. The molecule has 1 fully saturated rings. The zero-order chi connectivity index (χ0) is 18.7. The van der Waals surface area contributed by atoms with Gasteiger partial charge < -0.3 is 20.1 Å². The van der Waals surface area contributed by atoms with E-state index in [0.29, 0.717) is 5.92 Å². The normalized spacial score (nSPS) is 18.1. The third-order valence-corrected chi connectivity index (χ3v) is 4.67. The second-order valence-corrected chi connectivity index (χ2v) is 7.53. The van der Waals surface area contributed by atoms with Crippen molar-refractivity contribution in [1.82, 2.24) is 10.6 Å². The molecule has 0 saturated carbocycles. The van der Waals surface area contributed by atoms with E-state index in [9.17, 15) is 0 Å². The Morgan fingerprint density at radius 1 is 1.27 bits per heavy atom. The summed E-state index contributed by atoms with van der Waals surface area (Å²) < 4.78 is 11.1. The number of rotatable bonds is 10. The van der Waals surface area contributed by atoms with Gasteiger partial charge in [0.05, 0.1) is 19.8 Å². The van der Waals surface area contributed by atoms with Crippen LogP contribution in [0.3, 0.4) is 0 Å². The molecule has 0 amide bonds. The maximum absolute atomic E-state index is 5.75. The third kappa shape index (κ3) is 7.34. The van der Waals surface area contributed by atoms with Crippen molar-refractivity contribution in [3.05, 3.63) is 35.9 Å². The van der Waals surface area contributed by atoms with Gasteiger partial charge >= 0.3 is 0 Å². The topological polar surface area (TPSA) is 54.9 Å². The molecule has 1 atom stereocenters. The van der Waals surface area contributed by atoms with Crippen LogP contribution in [0.5, 0.6) is 0 Å². The number of hydrogen-bond donors (Lipinski definition) is 2. The van der Waals surface area contributed by atoms with Crippen molar-refractivity contribution in [3.8, 4) is 0 Å². The number of nitrogens with one attached hydrogen (secondary N) is 2. The van der Waals surface area contributed by atoms with E-state index in [4.69, 9.17) is 14.5 Å². The van der Waals surface area contributed by atoms with Crippen LogP contribution in [0.1, 0.15) is 39.2 Å². The first kappa shape index (κ1) is 20.7. The lowest BCUT2D eigenvalue weighted by molar-refractivity contribution is 0.0888. The Balaban J connectivity index is 1.70. The second-order valence-electron chi connectivity index (χ2n) is 7.53. The van der Waals surface area contributed by atoms with Crippen LogP contribution in [-0.4, -0.2) is 52.0 Å². The third-order valence-electron chi connectivity index (χ3n) is 4.67. The summed E-state index contributed by atoms with van der Waals surface area (Å²) in [5, 5.41) is 6.73. The number of aliphatic imine (C=N–C) groups is 1. The molecule has 146 valence electrons. The van der Waals surface area contributed by atoms with Crippen LogP contribution in [0.2, 0.25) is 0 Å². The predicted octanol–water partition coefficient (Wildman–Crippen LogP) is 2.96. The Morgan fingerprint density at radius 3 is 2.77 bits per heavy atom. The molecule has 0 aromatic heterocycles. The zero-order valence-corrected chi connectivity index (χ0v) is 16.6. The lowest BCUT2D eigenvalue weighted by atomic mass is 9.85. The first-order valence-electron chi connectivity index (χ1n) is 9.85. The minimum Gasteiger partial charge on any atom is -0.381 e. The van der Waals surface area contributed by atoms with Crippen LogP contribution in [0, 0.1) is 5.92 Å². The predicted molar refractivity (Wildman–Crippen MR) is 108 cm³/mol. The van der Waals surface area contributed by atoms with E-state index >= 15 is 0 Å². The van der Waals surface area contributed by atoms with Gasteiger partial charge in [0.15, 0.2) is 5.96 Å². The van der Waals surface area contributed by atoms with Gasteiger partial charge in [-0.15, -0.1) is 0 Å². The maximum atomic E-state index is 5.75. The van der Waals surface area contributed by atoms with Crippen molar-refractivity contribution < 1.29 is 9.47 Å². The van der Waals surface area contributed by atoms with E-state index in [1.807, 2.05) is 0 Å². The summed E-state index contributed by atoms with van der Waals surface area (Å²) in [5.74, 6) is 1.46. The van der Waals surface area contributed by atoms with Crippen LogP contribution < -0.4 is 10.6 Å². The fourth-order valence-corrected chi connectivity index (χ4v) is 2.94. The van der Waals surface area contributed by atoms with Crippen molar-refractivity contribution >= 4 is 5.96 Å². The number of ether oxygens (including phenoxy) is 2. The Bertz CT molecular complexity index is 525. The molecule has 1 saturated heterocycles. The van der Waals surface area contributed by atoms with E-state index in [2.05, 4.69) is 61.7 Å². The Morgan fingerprint density at radius 2 is 2.08 bits per heavy atom. The molecule has 26 heavy (non-hydrogen) atoms. The molecule has 2 rings (SSSR count). The zero-order valence-electron chi connectivity index (χ0n) is 16.6. The van der Waals surface area contributed by atoms with Gasteiger partial charge in [0.25, 0.3) is 0 Å². The molecule has 1 aromatic carbocycles. The highest BCUT2D eigenvalue weighted by Crippen LogP contribution is 2.22. The van der Waals surface area contributed by atoms with Gasteiger partial charge in [-0.25, -0.2) is 0 Å². The first-order chi connectivity index (χ1) is 12.6. The summed E-state index contributed by atoms with van der Waals surface area (Å²) in [7, 11) is 0. The smallest absolute Gasteiger partial charge is 0.191 e. The van der Waals surface area contributed by atoms with Gasteiger partial charge in [-0.2, -0.15) is 0 Å². The monoisotopic (exact) mass is 361 g/mol. The van der Waals surface area contributed by atoms with Crippen molar-refractivity contribution in [2.24, 2.45) is 10.9 Å². The minimum atomic E-state index is 0.01000. The number of guanidine groups is 1. The number of benzene rings is 1. The van der Waals surface area contributed by atoms with Gasteiger partial charge in [0.1, 0.15) is 0 Å². The summed E-state index contributed by atoms with van der Waals surface area (Å²) in [6.45, 7) is 12.3. The summed E-state index contributed by atoms with van der Waals surface area (Å²) in [6.07, 6.45) is 2.10. The maximum Gasteiger partial charge on any atom is 0.191 e. The molecule has 0 radical (unpaired) electrons. The summed E-state index contributed by atoms with van der Waals surface area (Å²) in [6, 6.07) is 10.6. The van der Waals surface area contributed by atoms with Crippen molar-refractivity contribution in [3.63, 3.8) is 0 Å². The average molecular weight is 362 g/mol. The highest BCUT2D eigenvalue weighted by Gasteiger charge is 2.20. The molecular formula is C21H35N3O2. The fourth-order valence-electron chi connectivity index (χ4n) is 2.94. The molecule has 1 heterocycles. The first-order valence-corrected chi connectivity index (χ1v) is 9.85. The molecule has 5 nitrogen and oxygen atoms in total. The number of nitrogens with zero attached hydrogens (tertiary/aromatic N) is 1. The lowest BCUT2D eigenvalue weighted by Gasteiger charge is -2.24. The van der Waals surface area contributed by atoms with Gasteiger partial charge in [-0.05, 0) is 25.3 Å². The van der Waals surface area contributed by atoms with Crippen LogP contribution in [-0.2, 0) is 14.9 Å². The fraction of sp³-hybridized carbons (Fsp3) is 0.667. The van der Waals surface area contributed by atoms with E-state index < -0.39 is 0 Å². The molecule has 0 aliphatic carbocycles. The second kappa shape index (κ2) is 11.2. The Hall–Kier alpha value is -1.59. The highest BCUT2D eigenvalue weighted by atomic mass is 16.5. The van der Waals surface area contributed by atoms with Gasteiger partial charge in [0.2, 0.25) is 0 Å². The number of hydrogen-bond acceptors (Lipinski definition) is 3. The van der Waals surface area contributed by atoms with Crippen LogP contribution in [0.15, 0.2) is 35.3 Å². The summed E-state index contributed by atoms with van der Waals surface area (Å²) in [5.41, 5.74) is 1.32. The molecule has 1 aromatic rings. The molecule has 1 unspecified atom stereocenters. The summed E-state index contributed by atoms with van der Waals surface area (Å²) >= 11 is 0. The molecule has 2 N–H and O–H groups in total. The molecular weight excluding hydrogens is 326 g/mol. The van der Waals surface area contributed by atoms with Crippen molar-refractivity contribution in [2.45, 2.75) is 39.0 Å². The van der Waals surface area contributed by atoms with Crippen LogP contribution >= 0.6 is 0 Å². The van der Waals surface area contributed by atoms with Gasteiger partial charge in [-0.3, -0.25) is 4.99 Å². The molecule has 1 aliphatic heterocycles. The van der Waals surface area contributed by atoms with E-state index in [1.165, 1.54) is 5.56 Å². The van der Waals surface area contributed by atoms with Crippen molar-refractivity contribution in [2.75, 3.05) is 46.1 Å². The van der Waals surface area contributed by atoms with E-state index in [0.717, 1.165) is 64.9 Å². The standard InChI is InChI=1S/C21H35N3O2/c1-4-22-20(23-12-8-13-25-15-18-11-14-26-16-18)24-17-21(2,3)19-9-6-5-7-10-19/h5-7,9-10,18H,4,8,11-17H2,1-3H3,(H2,22,23,24).